The van der Waals surface area contributed by atoms with E-state index < -0.39 is 0 Å². The molecule has 72 valence electrons. The molecule has 0 bridgehead atoms. The van der Waals surface area contributed by atoms with Crippen LogP contribution in [-0.4, -0.2) is 19.1 Å². The minimum absolute atomic E-state index is 0.0306. The number of hydrogen-bond donors (Lipinski definition) is 2. The fourth-order valence-electron chi connectivity index (χ4n) is 1.05. The average Bonchev–Trinajstić information content (AvgIpc) is 2.09. The zero-order valence-corrected chi connectivity index (χ0v) is 8.48. The van der Waals surface area contributed by atoms with E-state index in [1.807, 2.05) is 13.8 Å². The second-order valence-electron chi connectivity index (χ2n) is 3.10. The summed E-state index contributed by atoms with van der Waals surface area (Å²) < 4.78 is 0. The number of carbonyl (C=O) groups is 1. The van der Waals surface area contributed by atoms with Crippen LogP contribution in [0.2, 0.25) is 0 Å². The molecular formula is C9H20N2O. The van der Waals surface area contributed by atoms with Gasteiger partial charge in [0.1, 0.15) is 0 Å². The minimum Gasteiger partial charge on any atom is -0.338 e. The molecule has 0 aromatic rings. The highest BCUT2D eigenvalue weighted by molar-refractivity contribution is 5.74. The molecule has 3 nitrogen and oxygen atoms in total. The molecule has 0 spiro atoms. The summed E-state index contributed by atoms with van der Waals surface area (Å²) in [5, 5.41) is 5.53. The molecule has 0 aromatic heterocycles. The van der Waals surface area contributed by atoms with Crippen LogP contribution in [0.4, 0.5) is 4.79 Å². The van der Waals surface area contributed by atoms with Gasteiger partial charge in [-0.05, 0) is 11.8 Å². The molecule has 0 atom stereocenters. The lowest BCUT2D eigenvalue weighted by molar-refractivity contribution is 0.221. The Morgan fingerprint density at radius 1 is 1.25 bits per heavy atom. The maximum absolute atomic E-state index is 10.6. The second-order valence-corrected chi connectivity index (χ2v) is 3.10. The Hall–Kier alpha value is -0.730. The Morgan fingerprint density at radius 2 is 1.67 bits per heavy atom. The molecule has 0 aliphatic carbocycles. The molecule has 1 saturated heterocycles. The van der Waals surface area contributed by atoms with Crippen molar-refractivity contribution in [3.8, 4) is 0 Å². The number of amides is 2. The van der Waals surface area contributed by atoms with Crippen molar-refractivity contribution in [2.24, 2.45) is 11.8 Å². The van der Waals surface area contributed by atoms with Gasteiger partial charge in [-0.3, -0.25) is 0 Å². The van der Waals surface area contributed by atoms with Gasteiger partial charge in [0.2, 0.25) is 0 Å². The van der Waals surface area contributed by atoms with Crippen LogP contribution < -0.4 is 10.6 Å². The maximum atomic E-state index is 10.6. The first-order valence-electron chi connectivity index (χ1n) is 4.72. The Balaban J connectivity index is 0.000000561. The summed E-state index contributed by atoms with van der Waals surface area (Å²) in [6, 6.07) is -0.0306. The Kier molecular flexibility index (Phi) is 5.51. The normalized spacial score (nSPS) is 17.6. The summed E-state index contributed by atoms with van der Waals surface area (Å²) >= 11 is 0. The highest BCUT2D eigenvalue weighted by Crippen LogP contribution is 2.09. The summed E-state index contributed by atoms with van der Waals surface area (Å²) in [6.45, 7) is 9.99. The van der Waals surface area contributed by atoms with E-state index in [1.165, 1.54) is 0 Å². The van der Waals surface area contributed by atoms with E-state index in [1.54, 1.807) is 0 Å². The largest absolute Gasteiger partial charge is 0.338 e. The third-order valence-corrected chi connectivity index (χ3v) is 1.99. The van der Waals surface area contributed by atoms with Crippen LogP contribution in [-0.2, 0) is 0 Å². The van der Waals surface area contributed by atoms with Gasteiger partial charge in [0.25, 0.3) is 0 Å². The van der Waals surface area contributed by atoms with E-state index >= 15 is 0 Å². The molecule has 2 N–H and O–H groups in total. The number of urea groups is 1. The molecule has 3 heteroatoms. The van der Waals surface area contributed by atoms with Crippen molar-refractivity contribution in [1.29, 1.82) is 0 Å². The second kappa shape index (κ2) is 5.86. The first-order chi connectivity index (χ1) is 5.70. The number of hydrogen-bond acceptors (Lipinski definition) is 1. The van der Waals surface area contributed by atoms with E-state index in [4.69, 9.17) is 0 Å². The highest BCUT2D eigenvalue weighted by Gasteiger charge is 2.19. The molecule has 1 aliphatic rings. The monoisotopic (exact) mass is 172 g/mol. The van der Waals surface area contributed by atoms with Gasteiger partial charge in [-0.2, -0.15) is 0 Å². The molecule has 0 saturated carbocycles. The predicted octanol–water partition coefficient (Wildman–Crippen LogP) is 1.60. The number of rotatable bonds is 1. The quantitative estimate of drug-likeness (QED) is 0.619. The smallest absolute Gasteiger partial charge is 0.314 e. The van der Waals surface area contributed by atoms with Crippen molar-refractivity contribution in [3.63, 3.8) is 0 Å². The molecule has 12 heavy (non-hydrogen) atoms. The molecule has 1 rings (SSSR count). The molecule has 0 aromatic carbocycles. The minimum atomic E-state index is -0.0306. The Bertz CT molecular complexity index is 124. The van der Waals surface area contributed by atoms with Crippen molar-refractivity contribution in [1.82, 2.24) is 10.6 Å². The summed E-state index contributed by atoms with van der Waals surface area (Å²) in [5.41, 5.74) is 0. The van der Waals surface area contributed by atoms with Crippen molar-refractivity contribution >= 4 is 6.03 Å². The lowest BCUT2D eigenvalue weighted by Gasteiger charge is -2.26. The van der Waals surface area contributed by atoms with Crippen LogP contribution in [0.25, 0.3) is 0 Å². The van der Waals surface area contributed by atoms with E-state index in [0.717, 1.165) is 13.1 Å². The first-order valence-corrected chi connectivity index (χ1v) is 4.72. The Labute approximate surface area is 74.9 Å². The molecule has 0 unspecified atom stereocenters. The van der Waals surface area contributed by atoms with Crippen LogP contribution in [0.1, 0.15) is 27.7 Å². The fraction of sp³-hybridized carbons (Fsp3) is 0.889. The number of nitrogens with one attached hydrogen (secondary N) is 2. The lowest BCUT2D eigenvalue weighted by Crippen LogP contribution is -2.49. The standard InChI is InChI=1S/C7H14N2O.C2H6/c1-5(2)6-3-8-7(10)9-4-6;1-2/h5-6H,3-4H2,1-2H3,(H2,8,9,10);1-2H3. The SMILES string of the molecule is CC.CC(C)C1CNC(=O)NC1. The molecule has 1 fully saturated rings. The van der Waals surface area contributed by atoms with Gasteiger partial charge in [0.05, 0.1) is 0 Å². The van der Waals surface area contributed by atoms with Crippen molar-refractivity contribution < 1.29 is 4.79 Å². The predicted molar refractivity (Wildman–Crippen MR) is 51.1 cm³/mol. The van der Waals surface area contributed by atoms with E-state index in [2.05, 4.69) is 24.5 Å². The zero-order chi connectivity index (χ0) is 9.56. The van der Waals surface area contributed by atoms with Gasteiger partial charge in [0.15, 0.2) is 0 Å². The van der Waals surface area contributed by atoms with Gasteiger partial charge in [0, 0.05) is 13.1 Å². The third kappa shape index (κ3) is 3.60. The molecule has 1 heterocycles. The lowest BCUT2D eigenvalue weighted by atomic mass is 9.95. The van der Waals surface area contributed by atoms with Crippen LogP contribution in [0, 0.1) is 11.8 Å². The summed E-state index contributed by atoms with van der Waals surface area (Å²) in [5.74, 6) is 1.24. The van der Waals surface area contributed by atoms with E-state index in [-0.39, 0.29) is 6.03 Å². The molecule has 2 amide bonds. The molecule has 0 radical (unpaired) electrons. The first kappa shape index (κ1) is 11.3. The van der Waals surface area contributed by atoms with Crippen LogP contribution in [0.5, 0.6) is 0 Å². The van der Waals surface area contributed by atoms with Crippen molar-refractivity contribution in [2.75, 3.05) is 13.1 Å². The zero-order valence-electron chi connectivity index (χ0n) is 8.48. The summed E-state index contributed by atoms with van der Waals surface area (Å²) in [7, 11) is 0. The fourth-order valence-corrected chi connectivity index (χ4v) is 1.05. The molecule has 1 aliphatic heterocycles. The van der Waals surface area contributed by atoms with Gasteiger partial charge in [-0.1, -0.05) is 27.7 Å². The van der Waals surface area contributed by atoms with Crippen LogP contribution in [0.3, 0.4) is 0 Å². The maximum Gasteiger partial charge on any atom is 0.314 e. The molecular weight excluding hydrogens is 152 g/mol. The summed E-state index contributed by atoms with van der Waals surface area (Å²) in [6.07, 6.45) is 0. The van der Waals surface area contributed by atoms with Crippen LogP contribution in [0.15, 0.2) is 0 Å². The van der Waals surface area contributed by atoms with Gasteiger partial charge in [-0.25, -0.2) is 4.79 Å². The Morgan fingerprint density at radius 3 is 2.00 bits per heavy atom. The number of carbonyl (C=O) groups excluding carboxylic acids is 1. The van der Waals surface area contributed by atoms with E-state index in [0.29, 0.717) is 11.8 Å². The van der Waals surface area contributed by atoms with Crippen molar-refractivity contribution in [2.45, 2.75) is 27.7 Å². The average molecular weight is 172 g/mol. The van der Waals surface area contributed by atoms with E-state index in [9.17, 15) is 4.79 Å². The van der Waals surface area contributed by atoms with Gasteiger partial charge >= 0.3 is 6.03 Å². The topological polar surface area (TPSA) is 41.1 Å². The van der Waals surface area contributed by atoms with Crippen molar-refractivity contribution in [3.05, 3.63) is 0 Å². The van der Waals surface area contributed by atoms with Gasteiger partial charge in [-0.15, -0.1) is 0 Å². The van der Waals surface area contributed by atoms with Gasteiger partial charge < -0.3 is 10.6 Å². The van der Waals surface area contributed by atoms with Crippen LogP contribution >= 0.6 is 0 Å². The third-order valence-electron chi connectivity index (χ3n) is 1.99. The summed E-state index contributed by atoms with van der Waals surface area (Å²) in [4.78, 5) is 10.6. The highest BCUT2D eigenvalue weighted by atomic mass is 16.2.